The number of rotatable bonds is 9. The number of hydrogen-bond donors (Lipinski definition) is 1. The van der Waals surface area contributed by atoms with E-state index in [1.807, 2.05) is 0 Å². The Morgan fingerprint density at radius 3 is 2.10 bits per heavy atom. The molecule has 0 aliphatic carbocycles. The Kier molecular flexibility index (Phi) is 10.4. The molecule has 14 heteroatoms. The molecule has 0 bridgehead atoms. The summed E-state index contributed by atoms with van der Waals surface area (Å²) in [7, 11) is -6.21. The number of ether oxygens (including phenoxy) is 2. The highest BCUT2D eigenvalue weighted by Gasteiger charge is 2.49. The molecule has 0 heterocycles. The molecule has 0 aromatic heterocycles. The fraction of sp³-hybridized carbons (Fsp3) is 0.481. The van der Waals surface area contributed by atoms with E-state index in [4.69, 9.17) is 9.47 Å². The van der Waals surface area contributed by atoms with Crippen molar-refractivity contribution in [3.63, 3.8) is 0 Å². The van der Waals surface area contributed by atoms with Gasteiger partial charge >= 0.3 is 27.7 Å². The molecule has 2 rings (SSSR count). The van der Waals surface area contributed by atoms with Crippen LogP contribution in [-0.4, -0.2) is 38.2 Å². The molecule has 41 heavy (non-hydrogen) atoms. The number of esters is 1. The van der Waals surface area contributed by atoms with Crippen LogP contribution in [0.15, 0.2) is 24.3 Å². The van der Waals surface area contributed by atoms with Crippen LogP contribution >= 0.6 is 0 Å². The minimum atomic E-state index is -6.21. The van der Waals surface area contributed by atoms with Crippen LogP contribution in [-0.2, 0) is 24.4 Å². The highest BCUT2D eigenvalue weighted by molar-refractivity contribution is 7.88. The summed E-state index contributed by atoms with van der Waals surface area (Å²) in [5.74, 6) is -4.27. The van der Waals surface area contributed by atoms with Crippen molar-refractivity contribution in [1.29, 1.82) is 0 Å². The molecule has 0 saturated heterocycles. The van der Waals surface area contributed by atoms with E-state index in [1.165, 1.54) is 13.0 Å². The van der Waals surface area contributed by atoms with Crippen molar-refractivity contribution in [2.75, 3.05) is 6.61 Å². The lowest BCUT2D eigenvalue weighted by atomic mass is 9.89. The smallest absolute Gasteiger partial charge is 0.466 e. The Hall–Kier alpha value is -3.42. The molecule has 2 aromatic rings. The molecule has 2 aromatic carbocycles. The zero-order valence-corrected chi connectivity index (χ0v) is 24.4. The largest absolute Gasteiger partial charge is 0.534 e. The Morgan fingerprint density at radius 1 is 1.00 bits per heavy atom. The van der Waals surface area contributed by atoms with Gasteiger partial charge in [0, 0.05) is 17.2 Å². The van der Waals surface area contributed by atoms with Crippen LogP contribution < -0.4 is 9.50 Å². The number of benzene rings is 2. The number of amides is 1. The lowest BCUT2D eigenvalue weighted by Gasteiger charge is -2.25. The van der Waals surface area contributed by atoms with Crippen LogP contribution in [0.5, 0.6) is 5.75 Å². The highest BCUT2D eigenvalue weighted by atomic mass is 32.2. The summed E-state index contributed by atoms with van der Waals surface area (Å²) in [5.41, 5.74) is -7.42. The molecular formula is C27H32F5NO7S. The van der Waals surface area contributed by atoms with Gasteiger partial charge in [-0.25, -0.2) is 13.6 Å². The van der Waals surface area contributed by atoms with Crippen LogP contribution in [0.2, 0.25) is 0 Å². The zero-order valence-electron chi connectivity index (χ0n) is 23.5. The van der Waals surface area contributed by atoms with Gasteiger partial charge in [-0.05, 0) is 75.4 Å². The average molecular weight is 610 g/mol. The van der Waals surface area contributed by atoms with Crippen LogP contribution in [0.4, 0.5) is 26.7 Å². The minimum Gasteiger partial charge on any atom is -0.466 e. The Labute approximate surface area is 235 Å². The molecule has 1 atom stereocenters. The lowest BCUT2D eigenvalue weighted by molar-refractivity contribution is -0.143. The fourth-order valence-electron chi connectivity index (χ4n) is 3.88. The minimum absolute atomic E-state index is 0.00528. The first-order chi connectivity index (χ1) is 18.7. The van der Waals surface area contributed by atoms with E-state index in [0.717, 1.165) is 12.1 Å². The third-order valence-electron chi connectivity index (χ3n) is 5.53. The SMILES string of the molecule is CCOC(=O)C[C@H](NC(=O)OC(C)(C)C)c1cc(-c2c(C)cc(F)cc2OS(=O)(=O)C(F)(F)F)cc(C(C)C)c1F. The van der Waals surface area contributed by atoms with Crippen molar-refractivity contribution in [2.45, 2.75) is 78.0 Å². The van der Waals surface area contributed by atoms with Crippen molar-refractivity contribution in [3.8, 4) is 16.9 Å². The highest BCUT2D eigenvalue weighted by Crippen LogP contribution is 2.41. The first-order valence-corrected chi connectivity index (χ1v) is 13.9. The third-order valence-corrected chi connectivity index (χ3v) is 6.50. The maximum absolute atomic E-state index is 15.9. The number of carbonyl (C=O) groups excluding carboxylic acids is 2. The summed E-state index contributed by atoms with van der Waals surface area (Å²) in [6.07, 6.45) is -1.56. The molecule has 0 aliphatic rings. The molecule has 0 saturated carbocycles. The summed E-state index contributed by atoms with van der Waals surface area (Å²) in [6.45, 7) is 10.8. The van der Waals surface area contributed by atoms with E-state index < -0.39 is 69.1 Å². The zero-order chi connectivity index (χ0) is 31.5. The normalized spacial score (nSPS) is 13.1. The summed E-state index contributed by atoms with van der Waals surface area (Å²) >= 11 is 0. The maximum Gasteiger partial charge on any atom is 0.534 e. The first kappa shape index (κ1) is 33.8. The van der Waals surface area contributed by atoms with E-state index in [1.54, 1.807) is 41.5 Å². The quantitative estimate of drug-likeness (QED) is 0.144. The summed E-state index contributed by atoms with van der Waals surface area (Å²) in [6, 6.07) is 2.35. The van der Waals surface area contributed by atoms with E-state index in [-0.39, 0.29) is 34.4 Å². The molecule has 228 valence electrons. The Balaban J connectivity index is 2.84. The molecule has 0 aliphatic heterocycles. The number of aryl methyl sites for hydroxylation is 1. The molecule has 0 radical (unpaired) electrons. The number of hydrogen-bond acceptors (Lipinski definition) is 7. The molecule has 1 amide bonds. The van der Waals surface area contributed by atoms with Gasteiger partial charge in [0.05, 0.1) is 19.1 Å². The van der Waals surface area contributed by atoms with Crippen LogP contribution in [0.1, 0.15) is 76.6 Å². The summed E-state index contributed by atoms with van der Waals surface area (Å²) in [4.78, 5) is 25.0. The van der Waals surface area contributed by atoms with Gasteiger partial charge in [-0.1, -0.05) is 13.8 Å². The number of halogens is 5. The molecular weight excluding hydrogens is 577 g/mol. The maximum atomic E-state index is 15.9. The van der Waals surface area contributed by atoms with Gasteiger partial charge in [0.1, 0.15) is 17.2 Å². The van der Waals surface area contributed by atoms with Gasteiger partial charge in [-0.2, -0.15) is 21.6 Å². The monoisotopic (exact) mass is 609 g/mol. The van der Waals surface area contributed by atoms with Crippen LogP contribution in [0.25, 0.3) is 11.1 Å². The van der Waals surface area contributed by atoms with Crippen molar-refractivity contribution in [3.05, 3.63) is 52.6 Å². The standard InChI is InChI=1S/C27H32F5NO7S/c1-8-38-22(34)13-20(33-25(35)39-26(5,6)7)19-11-16(10-18(14(2)3)24(19)29)23-15(4)9-17(28)12-21(23)40-41(36,37)27(30,31)32/h9-12,14,20H,8,13H2,1-7H3,(H,33,35)/t20-/m0/s1. The van der Waals surface area contributed by atoms with Gasteiger partial charge < -0.3 is 19.0 Å². The van der Waals surface area contributed by atoms with Crippen molar-refractivity contribution < 1.29 is 53.6 Å². The topological polar surface area (TPSA) is 108 Å². The second-order valence-corrected chi connectivity index (χ2v) is 11.9. The van der Waals surface area contributed by atoms with E-state index >= 15 is 4.39 Å². The van der Waals surface area contributed by atoms with Gasteiger partial charge in [0.25, 0.3) is 0 Å². The molecule has 0 unspecified atom stereocenters. The van der Waals surface area contributed by atoms with Gasteiger partial charge in [-0.15, -0.1) is 0 Å². The van der Waals surface area contributed by atoms with Crippen molar-refractivity contribution in [1.82, 2.24) is 5.32 Å². The Bertz CT molecular complexity index is 1400. The predicted octanol–water partition coefficient (Wildman–Crippen LogP) is 6.81. The number of alkyl halides is 3. The Morgan fingerprint density at radius 2 is 1.59 bits per heavy atom. The molecule has 0 fully saturated rings. The second-order valence-electron chi connectivity index (χ2n) is 10.4. The average Bonchev–Trinajstić information content (AvgIpc) is 2.76. The van der Waals surface area contributed by atoms with E-state index in [2.05, 4.69) is 9.50 Å². The molecule has 8 nitrogen and oxygen atoms in total. The first-order valence-electron chi connectivity index (χ1n) is 12.5. The van der Waals surface area contributed by atoms with Gasteiger partial charge in [-0.3, -0.25) is 4.79 Å². The van der Waals surface area contributed by atoms with Crippen molar-refractivity contribution in [2.24, 2.45) is 0 Å². The predicted molar refractivity (Wildman–Crippen MR) is 140 cm³/mol. The van der Waals surface area contributed by atoms with E-state index in [9.17, 15) is 35.6 Å². The number of alkyl carbamates (subject to hydrolysis) is 1. The molecule has 1 N–H and O–H groups in total. The number of carbonyl (C=O) groups is 2. The lowest BCUT2D eigenvalue weighted by Crippen LogP contribution is -2.36. The second kappa shape index (κ2) is 12.6. The van der Waals surface area contributed by atoms with Crippen molar-refractivity contribution >= 4 is 22.2 Å². The fourth-order valence-corrected chi connectivity index (χ4v) is 4.34. The molecule has 0 spiro atoms. The van der Waals surface area contributed by atoms with Gasteiger partial charge in [0.2, 0.25) is 0 Å². The van der Waals surface area contributed by atoms with Crippen LogP contribution in [0, 0.1) is 18.6 Å². The van der Waals surface area contributed by atoms with E-state index in [0.29, 0.717) is 6.07 Å². The summed E-state index contributed by atoms with van der Waals surface area (Å²) < 4.78 is 108. The summed E-state index contributed by atoms with van der Waals surface area (Å²) in [5, 5.41) is 2.42. The van der Waals surface area contributed by atoms with Gasteiger partial charge in [0.15, 0.2) is 5.75 Å². The third kappa shape index (κ3) is 8.78. The van der Waals surface area contributed by atoms with Crippen LogP contribution in [0.3, 0.4) is 0 Å². The number of nitrogens with one attached hydrogen (secondary N) is 1.